The first-order valence-electron chi connectivity index (χ1n) is 10.9. The van der Waals surface area contributed by atoms with Gasteiger partial charge < -0.3 is 14.9 Å². The fraction of sp³-hybridized carbons (Fsp3) is 0.435. The fourth-order valence-corrected chi connectivity index (χ4v) is 5.80. The van der Waals surface area contributed by atoms with Crippen LogP contribution >= 0.6 is 11.3 Å². The lowest BCUT2D eigenvalue weighted by Crippen LogP contribution is -2.48. The molecule has 0 spiro atoms. The second-order valence-electron chi connectivity index (χ2n) is 8.30. The molecule has 2 aliphatic heterocycles. The number of carbonyl (C=O) groups excluding carboxylic acids is 1. The molecule has 5 rings (SSSR count). The third-order valence-corrected chi connectivity index (χ3v) is 7.57. The number of phenols is 1. The van der Waals surface area contributed by atoms with Gasteiger partial charge in [0.15, 0.2) is 0 Å². The average molecular weight is 439 g/mol. The molecule has 1 fully saturated rings. The molecule has 3 aromatic rings. The van der Waals surface area contributed by atoms with Crippen molar-refractivity contribution in [2.24, 2.45) is 0 Å². The standard InChI is InChI=1S/C23H26N4O3S/c1-15-19-21(24-18-9-3-2-6-10-27(18)22(19)29)31-20(15)23(30)26-13-11-25(12-14-26)16-7-4-5-8-17(16)28/h4-5,7-8,28H,2-3,6,9-14H2,1H3. The van der Waals surface area contributed by atoms with Gasteiger partial charge in [0.1, 0.15) is 16.4 Å². The highest BCUT2D eigenvalue weighted by Gasteiger charge is 2.28. The predicted octanol–water partition coefficient (Wildman–Crippen LogP) is 3.16. The molecule has 2 aliphatic rings. The van der Waals surface area contributed by atoms with Crippen LogP contribution < -0.4 is 10.5 Å². The van der Waals surface area contributed by atoms with Crippen molar-refractivity contribution in [3.8, 4) is 5.75 Å². The number of aromatic hydroxyl groups is 1. The number of carbonyl (C=O) groups is 1. The molecule has 1 aromatic carbocycles. The first kappa shape index (κ1) is 20.1. The number of fused-ring (bicyclic) bond motifs is 2. The van der Waals surface area contributed by atoms with Crippen molar-refractivity contribution in [1.82, 2.24) is 14.5 Å². The van der Waals surface area contributed by atoms with Crippen molar-refractivity contribution in [1.29, 1.82) is 0 Å². The van der Waals surface area contributed by atoms with Crippen molar-refractivity contribution in [3.63, 3.8) is 0 Å². The van der Waals surface area contributed by atoms with Gasteiger partial charge in [0, 0.05) is 39.1 Å². The van der Waals surface area contributed by atoms with Crippen LogP contribution in [0.4, 0.5) is 5.69 Å². The van der Waals surface area contributed by atoms with Crippen molar-refractivity contribution in [2.75, 3.05) is 31.1 Å². The molecule has 1 amide bonds. The molecule has 8 heteroatoms. The van der Waals surface area contributed by atoms with Gasteiger partial charge in [-0.2, -0.15) is 0 Å². The van der Waals surface area contributed by atoms with Gasteiger partial charge in [-0.05, 0) is 37.5 Å². The van der Waals surface area contributed by atoms with E-state index in [-0.39, 0.29) is 17.2 Å². The smallest absolute Gasteiger partial charge is 0.264 e. The maximum atomic E-state index is 13.3. The summed E-state index contributed by atoms with van der Waals surface area (Å²) in [5, 5.41) is 10.7. The highest BCUT2D eigenvalue weighted by Crippen LogP contribution is 2.31. The highest BCUT2D eigenvalue weighted by atomic mass is 32.1. The van der Waals surface area contributed by atoms with Gasteiger partial charge in [-0.15, -0.1) is 11.3 Å². The zero-order valence-corrected chi connectivity index (χ0v) is 18.5. The Bertz CT molecular complexity index is 1210. The summed E-state index contributed by atoms with van der Waals surface area (Å²) < 4.78 is 1.81. The first-order chi connectivity index (χ1) is 15.0. The molecule has 2 aromatic heterocycles. The molecule has 162 valence electrons. The lowest BCUT2D eigenvalue weighted by atomic mass is 10.1. The zero-order valence-electron chi connectivity index (χ0n) is 17.6. The molecule has 31 heavy (non-hydrogen) atoms. The summed E-state index contributed by atoms with van der Waals surface area (Å²) in [6, 6.07) is 7.28. The molecule has 0 bridgehead atoms. The Kier molecular flexibility index (Phi) is 5.17. The number of nitrogens with zero attached hydrogens (tertiary/aromatic N) is 4. The Morgan fingerprint density at radius 3 is 2.61 bits per heavy atom. The highest BCUT2D eigenvalue weighted by molar-refractivity contribution is 7.20. The quantitative estimate of drug-likeness (QED) is 0.665. The zero-order chi connectivity index (χ0) is 21.5. The number of para-hydroxylation sites is 2. The van der Waals surface area contributed by atoms with Crippen molar-refractivity contribution in [2.45, 2.75) is 39.2 Å². The van der Waals surface area contributed by atoms with Crippen LogP contribution in [0.15, 0.2) is 29.1 Å². The molecular formula is C23H26N4O3S. The lowest BCUT2D eigenvalue weighted by Gasteiger charge is -2.36. The monoisotopic (exact) mass is 438 g/mol. The second-order valence-corrected chi connectivity index (χ2v) is 9.30. The van der Waals surface area contributed by atoms with Crippen molar-refractivity contribution in [3.05, 3.63) is 50.9 Å². The Balaban J connectivity index is 1.41. The minimum absolute atomic E-state index is 0.000859. The van der Waals surface area contributed by atoms with E-state index in [1.807, 2.05) is 28.5 Å². The number of hydrogen-bond donors (Lipinski definition) is 1. The van der Waals surface area contributed by atoms with Crippen LogP contribution in [0.5, 0.6) is 5.75 Å². The SMILES string of the molecule is Cc1c(C(=O)N2CCN(c3ccccc3O)CC2)sc2nc3n(c(=O)c12)CCCCC3. The van der Waals surface area contributed by atoms with E-state index in [0.29, 0.717) is 47.8 Å². The van der Waals surface area contributed by atoms with Crippen LogP contribution in [0.1, 0.15) is 40.3 Å². The van der Waals surface area contributed by atoms with E-state index in [1.165, 1.54) is 11.3 Å². The minimum atomic E-state index is -0.0305. The maximum absolute atomic E-state index is 13.3. The summed E-state index contributed by atoms with van der Waals surface area (Å²) in [7, 11) is 0. The van der Waals surface area contributed by atoms with Gasteiger partial charge in [-0.1, -0.05) is 18.6 Å². The summed E-state index contributed by atoms with van der Waals surface area (Å²) >= 11 is 1.35. The molecule has 0 unspecified atom stereocenters. The number of amides is 1. The third-order valence-electron chi connectivity index (χ3n) is 6.40. The van der Waals surface area contributed by atoms with Gasteiger partial charge >= 0.3 is 0 Å². The van der Waals surface area contributed by atoms with Crippen LogP contribution in [0.3, 0.4) is 0 Å². The molecule has 0 atom stereocenters. The molecule has 0 aliphatic carbocycles. The minimum Gasteiger partial charge on any atom is -0.506 e. The van der Waals surface area contributed by atoms with Gasteiger partial charge in [0.2, 0.25) is 0 Å². The van der Waals surface area contributed by atoms with E-state index >= 15 is 0 Å². The van der Waals surface area contributed by atoms with E-state index in [9.17, 15) is 14.7 Å². The van der Waals surface area contributed by atoms with Crippen molar-refractivity contribution < 1.29 is 9.90 Å². The molecule has 1 N–H and O–H groups in total. The fourth-order valence-electron chi connectivity index (χ4n) is 4.64. The van der Waals surface area contributed by atoms with Crippen LogP contribution in [0, 0.1) is 6.92 Å². The van der Waals surface area contributed by atoms with E-state index in [0.717, 1.165) is 42.8 Å². The van der Waals surface area contributed by atoms with Crippen LogP contribution in [0.25, 0.3) is 10.2 Å². The van der Waals surface area contributed by atoms with E-state index in [1.54, 1.807) is 12.1 Å². The Hall–Kier alpha value is -2.87. The summed E-state index contributed by atoms with van der Waals surface area (Å²) in [5.41, 5.74) is 1.55. The van der Waals surface area contributed by atoms with E-state index in [4.69, 9.17) is 4.98 Å². The molecule has 0 radical (unpaired) electrons. The summed E-state index contributed by atoms with van der Waals surface area (Å²) in [6.07, 6.45) is 3.98. The van der Waals surface area contributed by atoms with Gasteiger partial charge in [0.25, 0.3) is 11.5 Å². The predicted molar refractivity (Wildman–Crippen MR) is 122 cm³/mol. The topological polar surface area (TPSA) is 78.7 Å². The Labute approximate surface area is 184 Å². The average Bonchev–Trinajstić information content (AvgIpc) is 2.95. The Morgan fingerprint density at radius 1 is 1.06 bits per heavy atom. The number of aryl methyl sites for hydroxylation is 2. The second kappa shape index (κ2) is 8.00. The Morgan fingerprint density at radius 2 is 1.84 bits per heavy atom. The molecule has 7 nitrogen and oxygen atoms in total. The lowest BCUT2D eigenvalue weighted by molar-refractivity contribution is 0.0751. The number of aromatic nitrogens is 2. The molecule has 1 saturated heterocycles. The summed E-state index contributed by atoms with van der Waals surface area (Å²) in [6.45, 7) is 5.04. The number of benzene rings is 1. The van der Waals surface area contributed by atoms with Gasteiger partial charge in [-0.25, -0.2) is 4.98 Å². The summed E-state index contributed by atoms with van der Waals surface area (Å²) in [5.74, 6) is 1.08. The van der Waals surface area contributed by atoms with Gasteiger partial charge in [0.05, 0.1) is 16.0 Å². The van der Waals surface area contributed by atoms with Crippen LogP contribution in [-0.2, 0) is 13.0 Å². The third kappa shape index (κ3) is 3.48. The summed E-state index contributed by atoms with van der Waals surface area (Å²) in [4.78, 5) is 36.5. The number of hydrogen-bond acceptors (Lipinski definition) is 6. The molecule has 4 heterocycles. The number of anilines is 1. The first-order valence-corrected chi connectivity index (χ1v) is 11.7. The van der Waals surface area contributed by atoms with E-state index in [2.05, 4.69) is 4.90 Å². The normalized spacial score (nSPS) is 16.9. The van der Waals surface area contributed by atoms with Crippen LogP contribution in [0.2, 0.25) is 0 Å². The molecular weight excluding hydrogens is 412 g/mol. The van der Waals surface area contributed by atoms with Crippen LogP contribution in [-0.4, -0.2) is 51.6 Å². The number of phenolic OH excluding ortho intramolecular Hbond substituents is 1. The van der Waals surface area contributed by atoms with Gasteiger partial charge in [-0.3, -0.25) is 14.2 Å². The van der Waals surface area contributed by atoms with E-state index < -0.39 is 0 Å². The number of piperazine rings is 1. The molecule has 0 saturated carbocycles. The largest absolute Gasteiger partial charge is 0.506 e. The maximum Gasteiger partial charge on any atom is 0.264 e. The number of thiophene rings is 1. The number of rotatable bonds is 2. The van der Waals surface area contributed by atoms with Crippen molar-refractivity contribution >= 4 is 33.1 Å².